The monoisotopic (exact) mass is 170 g/mol. The predicted molar refractivity (Wildman–Crippen MR) is 48.7 cm³/mol. The summed E-state index contributed by atoms with van der Waals surface area (Å²) >= 11 is 0. The van der Waals surface area contributed by atoms with Crippen LogP contribution in [0, 0.1) is 0 Å². The molecule has 1 rings (SSSR count). The number of likely N-dealkylation sites (tertiary alicyclic amines) is 1. The van der Waals surface area contributed by atoms with Crippen molar-refractivity contribution in [2.75, 3.05) is 6.54 Å². The number of carbonyl (C=O) groups excluding carboxylic acids is 1. The highest BCUT2D eigenvalue weighted by Crippen LogP contribution is 2.16. The summed E-state index contributed by atoms with van der Waals surface area (Å²) in [5, 5.41) is 0. The zero-order valence-corrected chi connectivity index (χ0v) is 7.92. The average molecular weight is 170 g/mol. The van der Waals surface area contributed by atoms with E-state index >= 15 is 0 Å². The van der Waals surface area contributed by atoms with Crippen molar-refractivity contribution in [2.24, 2.45) is 5.73 Å². The number of carbonyl (C=O) groups is 1. The lowest BCUT2D eigenvalue weighted by Crippen LogP contribution is -2.48. The van der Waals surface area contributed by atoms with E-state index in [2.05, 4.69) is 6.92 Å². The average Bonchev–Trinajstić information content (AvgIpc) is 2.04. The molecule has 3 nitrogen and oxygen atoms in total. The highest BCUT2D eigenvalue weighted by atomic mass is 16.2. The minimum Gasteiger partial charge on any atom is -0.339 e. The number of hydrogen-bond donors (Lipinski definition) is 1. The van der Waals surface area contributed by atoms with Gasteiger partial charge in [-0.15, -0.1) is 0 Å². The Morgan fingerprint density at radius 2 is 2.25 bits per heavy atom. The SMILES string of the molecule is CC1CCCCN1C(=O)[C@@H](C)N. The van der Waals surface area contributed by atoms with Crippen molar-refractivity contribution in [3.63, 3.8) is 0 Å². The fourth-order valence-corrected chi connectivity index (χ4v) is 1.69. The van der Waals surface area contributed by atoms with Gasteiger partial charge in [0.2, 0.25) is 5.91 Å². The van der Waals surface area contributed by atoms with Crippen LogP contribution in [-0.4, -0.2) is 29.4 Å². The summed E-state index contributed by atoms with van der Waals surface area (Å²) in [5.41, 5.74) is 5.54. The van der Waals surface area contributed by atoms with Gasteiger partial charge < -0.3 is 10.6 Å². The number of piperidine rings is 1. The minimum atomic E-state index is -0.342. The van der Waals surface area contributed by atoms with E-state index in [1.54, 1.807) is 6.92 Å². The first-order valence-corrected chi connectivity index (χ1v) is 4.69. The molecular weight excluding hydrogens is 152 g/mol. The van der Waals surface area contributed by atoms with E-state index in [1.807, 2.05) is 4.90 Å². The van der Waals surface area contributed by atoms with Crippen LogP contribution in [-0.2, 0) is 4.79 Å². The summed E-state index contributed by atoms with van der Waals surface area (Å²) in [6, 6.07) is 0.0443. The van der Waals surface area contributed by atoms with Crippen LogP contribution in [0.1, 0.15) is 33.1 Å². The molecule has 0 aromatic rings. The Morgan fingerprint density at radius 3 is 2.75 bits per heavy atom. The van der Waals surface area contributed by atoms with Crippen molar-refractivity contribution in [2.45, 2.75) is 45.2 Å². The fraction of sp³-hybridized carbons (Fsp3) is 0.889. The maximum absolute atomic E-state index is 11.5. The predicted octanol–water partition coefficient (Wildman–Crippen LogP) is 0.735. The van der Waals surface area contributed by atoms with E-state index in [0.717, 1.165) is 19.4 Å². The molecule has 0 aromatic carbocycles. The zero-order valence-electron chi connectivity index (χ0n) is 7.92. The van der Waals surface area contributed by atoms with Crippen molar-refractivity contribution in [3.05, 3.63) is 0 Å². The van der Waals surface area contributed by atoms with Crippen LogP contribution < -0.4 is 5.73 Å². The Balaban J connectivity index is 2.53. The number of rotatable bonds is 1. The second-order valence-electron chi connectivity index (χ2n) is 3.67. The Hall–Kier alpha value is -0.570. The molecule has 0 aliphatic carbocycles. The van der Waals surface area contributed by atoms with Gasteiger partial charge in [-0.25, -0.2) is 0 Å². The molecule has 2 N–H and O–H groups in total. The normalized spacial score (nSPS) is 26.9. The molecule has 1 aliphatic heterocycles. The molecule has 0 aromatic heterocycles. The van der Waals surface area contributed by atoms with Gasteiger partial charge in [0.15, 0.2) is 0 Å². The standard InChI is InChI=1S/C9H18N2O/c1-7-5-3-4-6-11(7)9(12)8(2)10/h7-8H,3-6,10H2,1-2H3/t7?,8-/m1/s1. The number of hydrogen-bond acceptors (Lipinski definition) is 2. The molecule has 3 heteroatoms. The van der Waals surface area contributed by atoms with Crippen LogP contribution in [0.2, 0.25) is 0 Å². The molecule has 0 bridgehead atoms. The second-order valence-corrected chi connectivity index (χ2v) is 3.67. The molecular formula is C9H18N2O. The number of amides is 1. The first-order chi connectivity index (χ1) is 5.63. The summed E-state index contributed by atoms with van der Waals surface area (Å²) in [7, 11) is 0. The van der Waals surface area contributed by atoms with Gasteiger partial charge >= 0.3 is 0 Å². The van der Waals surface area contributed by atoms with Crippen LogP contribution in [0.4, 0.5) is 0 Å². The third kappa shape index (κ3) is 1.97. The minimum absolute atomic E-state index is 0.0993. The molecule has 0 radical (unpaired) electrons. The summed E-state index contributed by atoms with van der Waals surface area (Å²) in [4.78, 5) is 13.4. The number of nitrogens with two attached hydrogens (primary N) is 1. The Morgan fingerprint density at radius 1 is 1.58 bits per heavy atom. The van der Waals surface area contributed by atoms with Crippen LogP contribution in [0.15, 0.2) is 0 Å². The first kappa shape index (κ1) is 9.52. The Kier molecular flexibility index (Phi) is 3.09. The highest BCUT2D eigenvalue weighted by Gasteiger charge is 2.24. The first-order valence-electron chi connectivity index (χ1n) is 4.69. The van der Waals surface area contributed by atoms with Gasteiger partial charge in [-0.3, -0.25) is 4.79 Å². The molecule has 0 spiro atoms. The van der Waals surface area contributed by atoms with Crippen molar-refractivity contribution in [1.29, 1.82) is 0 Å². The van der Waals surface area contributed by atoms with Gasteiger partial charge in [0, 0.05) is 12.6 Å². The van der Waals surface area contributed by atoms with Crippen LogP contribution in [0.25, 0.3) is 0 Å². The summed E-state index contributed by atoms with van der Waals surface area (Å²) in [6.07, 6.45) is 3.49. The highest BCUT2D eigenvalue weighted by molar-refractivity contribution is 5.81. The van der Waals surface area contributed by atoms with Gasteiger partial charge in [-0.05, 0) is 33.1 Å². The molecule has 1 saturated heterocycles. The third-order valence-corrected chi connectivity index (χ3v) is 2.48. The van der Waals surface area contributed by atoms with E-state index in [0.29, 0.717) is 6.04 Å². The van der Waals surface area contributed by atoms with E-state index in [1.165, 1.54) is 6.42 Å². The zero-order chi connectivity index (χ0) is 9.14. The van der Waals surface area contributed by atoms with Crippen LogP contribution >= 0.6 is 0 Å². The van der Waals surface area contributed by atoms with E-state index < -0.39 is 0 Å². The van der Waals surface area contributed by atoms with Gasteiger partial charge in [0.25, 0.3) is 0 Å². The van der Waals surface area contributed by atoms with E-state index in [-0.39, 0.29) is 11.9 Å². The molecule has 1 unspecified atom stereocenters. The van der Waals surface area contributed by atoms with Crippen LogP contribution in [0.3, 0.4) is 0 Å². The summed E-state index contributed by atoms with van der Waals surface area (Å²) in [6.45, 7) is 4.74. The summed E-state index contributed by atoms with van der Waals surface area (Å²) in [5.74, 6) is 0.0993. The van der Waals surface area contributed by atoms with Crippen molar-refractivity contribution in [1.82, 2.24) is 4.90 Å². The lowest BCUT2D eigenvalue weighted by atomic mass is 10.0. The molecule has 1 heterocycles. The molecule has 1 aliphatic rings. The molecule has 0 saturated carbocycles. The van der Waals surface area contributed by atoms with Crippen molar-refractivity contribution in [3.8, 4) is 0 Å². The Labute approximate surface area is 73.9 Å². The molecule has 70 valence electrons. The van der Waals surface area contributed by atoms with E-state index in [4.69, 9.17) is 5.73 Å². The quantitative estimate of drug-likeness (QED) is 0.630. The van der Waals surface area contributed by atoms with E-state index in [9.17, 15) is 4.79 Å². The molecule has 12 heavy (non-hydrogen) atoms. The number of nitrogens with zero attached hydrogens (tertiary/aromatic N) is 1. The molecule has 2 atom stereocenters. The van der Waals surface area contributed by atoms with Crippen molar-refractivity contribution >= 4 is 5.91 Å². The lowest BCUT2D eigenvalue weighted by molar-refractivity contribution is -0.135. The lowest BCUT2D eigenvalue weighted by Gasteiger charge is -2.34. The molecule has 1 amide bonds. The Bertz CT molecular complexity index is 168. The summed E-state index contributed by atoms with van der Waals surface area (Å²) < 4.78 is 0. The van der Waals surface area contributed by atoms with Gasteiger partial charge in [0.1, 0.15) is 0 Å². The fourth-order valence-electron chi connectivity index (χ4n) is 1.69. The third-order valence-electron chi connectivity index (χ3n) is 2.48. The maximum atomic E-state index is 11.5. The van der Waals surface area contributed by atoms with Crippen molar-refractivity contribution < 1.29 is 4.79 Å². The van der Waals surface area contributed by atoms with Gasteiger partial charge in [0.05, 0.1) is 6.04 Å². The topological polar surface area (TPSA) is 46.3 Å². The van der Waals surface area contributed by atoms with Gasteiger partial charge in [-0.2, -0.15) is 0 Å². The van der Waals surface area contributed by atoms with Crippen LogP contribution in [0.5, 0.6) is 0 Å². The smallest absolute Gasteiger partial charge is 0.239 e. The second kappa shape index (κ2) is 3.90. The van der Waals surface area contributed by atoms with Gasteiger partial charge in [-0.1, -0.05) is 0 Å². The largest absolute Gasteiger partial charge is 0.339 e. The molecule has 1 fully saturated rings. The maximum Gasteiger partial charge on any atom is 0.239 e.